The van der Waals surface area contributed by atoms with Gasteiger partial charge in [0.2, 0.25) is 5.95 Å². The van der Waals surface area contributed by atoms with E-state index < -0.39 is 0 Å². The summed E-state index contributed by atoms with van der Waals surface area (Å²) < 4.78 is 12.2. The molecule has 0 aromatic carbocycles. The average Bonchev–Trinajstić information content (AvgIpc) is 1.77. The number of rotatable bonds is 0. The summed E-state index contributed by atoms with van der Waals surface area (Å²) in [6, 6.07) is 3.39. The third kappa shape index (κ3) is 0.859. The van der Waals surface area contributed by atoms with Crippen LogP contribution in [0.25, 0.3) is 0 Å². The van der Waals surface area contributed by atoms with Crippen molar-refractivity contribution < 1.29 is 4.39 Å². The third-order valence-corrected chi connectivity index (χ3v) is 0.946. The van der Waals surface area contributed by atoms with E-state index >= 15 is 0 Å². The topological polar surface area (TPSA) is 12.9 Å². The molecule has 0 aliphatic carbocycles. The Morgan fingerprint density at radius 1 is 1.62 bits per heavy atom. The van der Waals surface area contributed by atoms with Gasteiger partial charge >= 0.3 is 0 Å². The van der Waals surface area contributed by atoms with Crippen LogP contribution in [0, 0.1) is 5.95 Å². The Morgan fingerprint density at radius 2 is 2.38 bits per heavy atom. The predicted octanol–water partition coefficient (Wildman–Crippen LogP) is -0.521. The molecule has 0 aliphatic rings. The molecule has 0 bridgehead atoms. The van der Waals surface area contributed by atoms with Gasteiger partial charge in [-0.3, -0.25) is 0 Å². The summed E-state index contributed by atoms with van der Waals surface area (Å²) in [4.78, 5) is 3.41. The lowest BCUT2D eigenvalue weighted by molar-refractivity contribution is 0.592. The van der Waals surface area contributed by atoms with Crippen LogP contribution in [-0.4, -0.2) is 12.8 Å². The minimum absolute atomic E-state index is 0.382. The van der Waals surface area contributed by atoms with Crippen molar-refractivity contribution in [1.29, 1.82) is 0 Å². The number of pyridine rings is 1. The number of hydrogen-bond acceptors (Lipinski definition) is 1. The van der Waals surface area contributed by atoms with Crippen LogP contribution in [0.3, 0.4) is 0 Å². The second-order valence-corrected chi connectivity index (χ2v) is 1.61. The van der Waals surface area contributed by atoms with Gasteiger partial charge in [-0.1, -0.05) is 6.07 Å². The summed E-state index contributed by atoms with van der Waals surface area (Å²) in [6.45, 7) is 0. The number of hydrogen-bond donors (Lipinski definition) is 0. The van der Waals surface area contributed by atoms with Gasteiger partial charge < -0.3 is 0 Å². The van der Waals surface area contributed by atoms with E-state index in [0.29, 0.717) is 5.46 Å². The molecule has 0 radical (unpaired) electrons. The Bertz CT molecular complexity index is 169. The lowest BCUT2D eigenvalue weighted by atomic mass is 9.99. The molecule has 1 heterocycles. The molecule has 0 saturated heterocycles. The molecular weight excluding hydrogens is 104 g/mol. The molecule has 1 aromatic rings. The smallest absolute Gasteiger partial charge is 0.206 e. The molecule has 0 amide bonds. The molecule has 0 N–H and O–H groups in total. The molecule has 0 saturated carbocycles. The van der Waals surface area contributed by atoms with E-state index in [1.54, 1.807) is 20.0 Å². The molecule has 1 rings (SSSR count). The highest BCUT2D eigenvalue weighted by Gasteiger charge is 1.90. The van der Waals surface area contributed by atoms with Crippen molar-refractivity contribution in [3.8, 4) is 0 Å². The fourth-order valence-electron chi connectivity index (χ4n) is 0.466. The van der Waals surface area contributed by atoms with E-state index in [4.69, 9.17) is 0 Å². The number of aromatic nitrogens is 1. The molecule has 0 aliphatic heterocycles. The predicted molar refractivity (Wildman–Crippen MR) is 32.4 cm³/mol. The highest BCUT2D eigenvalue weighted by atomic mass is 19.1. The summed E-state index contributed by atoms with van der Waals surface area (Å²) in [7, 11) is 1.68. The second kappa shape index (κ2) is 1.94. The van der Waals surface area contributed by atoms with Gasteiger partial charge in [0.25, 0.3) is 0 Å². The molecule has 0 fully saturated rings. The summed E-state index contributed by atoms with van der Waals surface area (Å²) in [5.74, 6) is -0.382. The van der Waals surface area contributed by atoms with Crippen LogP contribution in [0.4, 0.5) is 4.39 Å². The van der Waals surface area contributed by atoms with Gasteiger partial charge in [0.15, 0.2) is 0 Å². The normalized spacial score (nSPS) is 9.12. The van der Waals surface area contributed by atoms with Crippen LogP contribution >= 0.6 is 0 Å². The van der Waals surface area contributed by atoms with Crippen LogP contribution in [0.5, 0.6) is 0 Å². The van der Waals surface area contributed by atoms with E-state index in [0.717, 1.165) is 0 Å². The van der Waals surface area contributed by atoms with Crippen LogP contribution in [-0.2, 0) is 0 Å². The van der Waals surface area contributed by atoms with Crippen LogP contribution in [0.2, 0.25) is 0 Å². The summed E-state index contributed by atoms with van der Waals surface area (Å²) >= 11 is 0. The molecule has 8 heavy (non-hydrogen) atoms. The lowest BCUT2D eigenvalue weighted by Gasteiger charge is -1.88. The van der Waals surface area contributed by atoms with Crippen molar-refractivity contribution in [2.75, 3.05) is 0 Å². The first-order valence-electron chi connectivity index (χ1n) is 2.38. The Hall–Kier alpha value is -0.855. The minimum Gasteiger partial charge on any atom is -0.229 e. The highest BCUT2D eigenvalue weighted by molar-refractivity contribution is 6.32. The van der Waals surface area contributed by atoms with E-state index in [9.17, 15) is 4.39 Å². The largest absolute Gasteiger partial charge is 0.229 e. The molecule has 1 aromatic heterocycles. The first-order chi connectivity index (χ1) is 3.80. The molecule has 40 valence electrons. The summed E-state index contributed by atoms with van der Waals surface area (Å²) in [5.41, 5.74) is 0.590. The van der Waals surface area contributed by atoms with Crippen molar-refractivity contribution in [2.45, 2.75) is 0 Å². The maximum absolute atomic E-state index is 12.2. The maximum atomic E-state index is 12.2. The van der Waals surface area contributed by atoms with Gasteiger partial charge in [-0.05, 0) is 11.5 Å². The van der Waals surface area contributed by atoms with E-state index in [2.05, 4.69) is 4.98 Å². The van der Waals surface area contributed by atoms with E-state index in [1.165, 1.54) is 6.20 Å². The molecule has 0 spiro atoms. The average molecular weight is 109 g/mol. The molecule has 0 unspecified atom stereocenters. The molecule has 3 heteroatoms. The van der Waals surface area contributed by atoms with Crippen molar-refractivity contribution in [3.63, 3.8) is 0 Å². The van der Waals surface area contributed by atoms with Gasteiger partial charge in [0.1, 0.15) is 7.85 Å². The third-order valence-electron chi connectivity index (χ3n) is 0.946. The van der Waals surface area contributed by atoms with Crippen molar-refractivity contribution in [2.24, 2.45) is 0 Å². The van der Waals surface area contributed by atoms with Gasteiger partial charge in [-0.15, -0.1) is 0 Å². The van der Waals surface area contributed by atoms with Crippen molar-refractivity contribution in [1.82, 2.24) is 4.98 Å². The van der Waals surface area contributed by atoms with Crippen molar-refractivity contribution >= 4 is 13.3 Å². The van der Waals surface area contributed by atoms with Crippen LogP contribution < -0.4 is 5.46 Å². The lowest BCUT2D eigenvalue weighted by Crippen LogP contribution is -2.08. The molecule has 0 atom stereocenters. The van der Waals surface area contributed by atoms with Gasteiger partial charge in [-0.25, -0.2) is 4.98 Å². The molecular formula is C5H5BFN. The Labute approximate surface area is 48.0 Å². The standard InChI is InChI=1S/C5H5BFN/c6-4-2-1-3-8-5(4)7/h1-3H,6H2. The van der Waals surface area contributed by atoms with E-state index in [-0.39, 0.29) is 5.95 Å². The highest BCUT2D eigenvalue weighted by Crippen LogP contribution is 1.82. The second-order valence-electron chi connectivity index (χ2n) is 1.61. The van der Waals surface area contributed by atoms with Gasteiger partial charge in [0.05, 0.1) is 0 Å². The first kappa shape index (κ1) is 5.28. The Kier molecular flexibility index (Phi) is 1.28. The van der Waals surface area contributed by atoms with Crippen molar-refractivity contribution in [3.05, 3.63) is 24.3 Å². The first-order valence-corrected chi connectivity index (χ1v) is 2.38. The fourth-order valence-corrected chi connectivity index (χ4v) is 0.466. The summed E-state index contributed by atoms with van der Waals surface area (Å²) in [5, 5.41) is 0. The van der Waals surface area contributed by atoms with E-state index in [1.807, 2.05) is 0 Å². The summed E-state index contributed by atoms with van der Waals surface area (Å²) in [6.07, 6.45) is 1.43. The van der Waals surface area contributed by atoms with Gasteiger partial charge in [-0.2, -0.15) is 4.39 Å². The van der Waals surface area contributed by atoms with Crippen LogP contribution in [0.15, 0.2) is 18.3 Å². The number of halogens is 1. The SMILES string of the molecule is Bc1cccnc1F. The van der Waals surface area contributed by atoms with Crippen LogP contribution in [0.1, 0.15) is 0 Å². The zero-order valence-corrected chi connectivity index (χ0v) is 4.56. The Balaban J connectivity index is 3.13. The van der Waals surface area contributed by atoms with Gasteiger partial charge in [0, 0.05) is 6.20 Å². The zero-order chi connectivity index (χ0) is 5.98. The number of nitrogens with zero attached hydrogens (tertiary/aromatic N) is 1. The minimum atomic E-state index is -0.382. The quantitative estimate of drug-likeness (QED) is 0.322. The monoisotopic (exact) mass is 109 g/mol. The maximum Gasteiger partial charge on any atom is 0.206 e. The fraction of sp³-hybridized carbons (Fsp3) is 0. The zero-order valence-electron chi connectivity index (χ0n) is 4.56. The Morgan fingerprint density at radius 3 is 2.75 bits per heavy atom. The molecule has 1 nitrogen and oxygen atoms in total.